The van der Waals surface area contributed by atoms with E-state index >= 15 is 0 Å². The van der Waals surface area contributed by atoms with E-state index in [1.165, 1.54) is 16.4 Å². The highest BCUT2D eigenvalue weighted by atomic mass is 32.1. The zero-order chi connectivity index (χ0) is 13.2. The molecule has 0 radical (unpaired) electrons. The summed E-state index contributed by atoms with van der Waals surface area (Å²) in [6.07, 6.45) is 0. The molecule has 0 fully saturated rings. The van der Waals surface area contributed by atoms with Crippen molar-refractivity contribution in [2.45, 2.75) is 13.5 Å². The predicted molar refractivity (Wildman–Crippen MR) is 84.0 cm³/mol. The van der Waals surface area contributed by atoms with Gasteiger partial charge in [0.05, 0.1) is 22.8 Å². The minimum atomic E-state index is 0.545. The Morgan fingerprint density at radius 1 is 1.37 bits per heavy atom. The molecule has 0 bridgehead atoms. The van der Waals surface area contributed by atoms with Gasteiger partial charge in [-0.2, -0.15) is 4.37 Å². The molecular weight excluding hydrogens is 296 g/mol. The van der Waals surface area contributed by atoms with Gasteiger partial charge in [0, 0.05) is 10.3 Å². The minimum Gasteiger partial charge on any atom is -0.382 e. The number of aromatic nitrogens is 2. The Labute approximate surface area is 123 Å². The van der Waals surface area contributed by atoms with Crippen LogP contribution in [-0.2, 0) is 6.54 Å². The fourth-order valence-corrected chi connectivity index (χ4v) is 3.70. The third-order valence-electron chi connectivity index (χ3n) is 2.60. The fraction of sp³-hybridized carbons (Fsp3) is 0.167. The van der Waals surface area contributed by atoms with Crippen molar-refractivity contribution in [3.63, 3.8) is 0 Å². The Bertz CT molecular complexity index is 669. The first-order chi connectivity index (χ1) is 9.24. The molecule has 4 nitrogen and oxygen atoms in total. The number of thiazole rings is 1. The number of aryl methyl sites for hydroxylation is 1. The van der Waals surface area contributed by atoms with E-state index in [-0.39, 0.29) is 0 Å². The molecular formula is C12H12N4S3. The average Bonchev–Trinajstić information content (AvgIpc) is 3.08. The zero-order valence-corrected chi connectivity index (χ0v) is 12.7. The van der Waals surface area contributed by atoms with Gasteiger partial charge in [-0.25, -0.2) is 4.98 Å². The summed E-state index contributed by atoms with van der Waals surface area (Å²) in [5.74, 6) is 0.545. The Kier molecular flexibility index (Phi) is 3.50. The highest BCUT2D eigenvalue weighted by molar-refractivity contribution is 7.12. The molecule has 0 amide bonds. The van der Waals surface area contributed by atoms with Crippen LogP contribution in [-0.4, -0.2) is 9.36 Å². The SMILES string of the molecule is Cc1nc(-c2c(N)nsc2NCc2cccs2)cs1. The third kappa shape index (κ3) is 2.63. The van der Waals surface area contributed by atoms with E-state index < -0.39 is 0 Å². The van der Waals surface area contributed by atoms with E-state index in [1.54, 1.807) is 22.7 Å². The van der Waals surface area contributed by atoms with Gasteiger partial charge in [0.1, 0.15) is 10.8 Å². The highest BCUT2D eigenvalue weighted by Gasteiger charge is 2.16. The first-order valence-corrected chi connectivity index (χ1v) is 8.21. The maximum atomic E-state index is 5.96. The predicted octanol–water partition coefficient (Wildman–Crippen LogP) is 3.83. The Morgan fingerprint density at radius 3 is 2.95 bits per heavy atom. The molecule has 0 unspecified atom stereocenters. The minimum absolute atomic E-state index is 0.545. The van der Waals surface area contributed by atoms with Gasteiger partial charge in [-0.3, -0.25) is 0 Å². The Balaban J connectivity index is 1.86. The van der Waals surface area contributed by atoms with Crippen LogP contribution in [0, 0.1) is 6.92 Å². The quantitative estimate of drug-likeness (QED) is 0.769. The molecule has 3 N–H and O–H groups in total. The van der Waals surface area contributed by atoms with Crippen molar-refractivity contribution in [3.8, 4) is 11.3 Å². The van der Waals surface area contributed by atoms with Crippen molar-refractivity contribution in [2.75, 3.05) is 11.1 Å². The van der Waals surface area contributed by atoms with Crippen molar-refractivity contribution in [3.05, 3.63) is 32.8 Å². The molecule has 3 aromatic rings. The Morgan fingerprint density at radius 2 is 2.26 bits per heavy atom. The third-order valence-corrected chi connectivity index (χ3v) is 5.07. The van der Waals surface area contributed by atoms with Crippen LogP contribution >= 0.6 is 34.2 Å². The molecule has 3 rings (SSSR count). The number of hydrogen-bond acceptors (Lipinski definition) is 7. The van der Waals surface area contributed by atoms with E-state index in [0.29, 0.717) is 5.82 Å². The van der Waals surface area contributed by atoms with E-state index in [0.717, 1.165) is 27.8 Å². The van der Waals surface area contributed by atoms with Crippen molar-refractivity contribution in [2.24, 2.45) is 0 Å². The second kappa shape index (κ2) is 5.28. The van der Waals surface area contributed by atoms with Gasteiger partial charge >= 0.3 is 0 Å². The van der Waals surface area contributed by atoms with Gasteiger partial charge in [0.15, 0.2) is 0 Å². The van der Waals surface area contributed by atoms with E-state index in [1.807, 2.05) is 18.4 Å². The fourth-order valence-electron chi connectivity index (χ4n) is 1.73. The van der Waals surface area contributed by atoms with E-state index in [9.17, 15) is 0 Å². The van der Waals surface area contributed by atoms with Gasteiger partial charge in [-0.1, -0.05) is 6.07 Å². The van der Waals surface area contributed by atoms with Crippen molar-refractivity contribution in [1.82, 2.24) is 9.36 Å². The zero-order valence-electron chi connectivity index (χ0n) is 10.2. The Hall–Kier alpha value is -1.44. The molecule has 3 aromatic heterocycles. The number of rotatable bonds is 4. The average molecular weight is 308 g/mol. The summed E-state index contributed by atoms with van der Waals surface area (Å²) in [4.78, 5) is 5.77. The molecule has 0 atom stereocenters. The summed E-state index contributed by atoms with van der Waals surface area (Å²) >= 11 is 4.74. The summed E-state index contributed by atoms with van der Waals surface area (Å²) < 4.78 is 4.23. The second-order valence-corrected chi connectivity index (χ2v) is 6.82. The maximum Gasteiger partial charge on any atom is 0.148 e. The molecule has 0 aliphatic heterocycles. The summed E-state index contributed by atoms with van der Waals surface area (Å²) in [6, 6.07) is 4.15. The lowest BCUT2D eigenvalue weighted by molar-refractivity contribution is 1.21. The summed E-state index contributed by atoms with van der Waals surface area (Å²) in [5, 5.41) is 9.50. The lowest BCUT2D eigenvalue weighted by Gasteiger charge is -2.04. The summed E-state index contributed by atoms with van der Waals surface area (Å²) in [5.41, 5.74) is 7.79. The van der Waals surface area contributed by atoms with Crippen LogP contribution < -0.4 is 11.1 Å². The van der Waals surface area contributed by atoms with Crippen LogP contribution in [0.4, 0.5) is 10.8 Å². The standard InChI is InChI=1S/C12H12N4S3/c1-7-15-9(6-18-7)10-11(13)16-19-12(10)14-5-8-3-2-4-17-8/h2-4,6,14H,5H2,1H3,(H2,13,16). The molecule has 0 saturated carbocycles. The number of nitrogens with zero attached hydrogens (tertiary/aromatic N) is 2. The number of nitrogen functional groups attached to an aromatic ring is 1. The number of nitrogens with two attached hydrogens (primary N) is 1. The van der Waals surface area contributed by atoms with Crippen LogP contribution in [0.3, 0.4) is 0 Å². The molecule has 98 valence electrons. The lowest BCUT2D eigenvalue weighted by Crippen LogP contribution is -1.97. The topological polar surface area (TPSA) is 63.8 Å². The largest absolute Gasteiger partial charge is 0.382 e. The lowest BCUT2D eigenvalue weighted by atomic mass is 10.2. The molecule has 3 heterocycles. The first-order valence-electron chi connectivity index (χ1n) is 5.68. The number of hydrogen-bond donors (Lipinski definition) is 2. The second-order valence-electron chi connectivity index (χ2n) is 3.96. The monoisotopic (exact) mass is 308 g/mol. The van der Waals surface area contributed by atoms with Crippen molar-refractivity contribution in [1.29, 1.82) is 0 Å². The van der Waals surface area contributed by atoms with Gasteiger partial charge in [0.25, 0.3) is 0 Å². The van der Waals surface area contributed by atoms with Crippen LogP contribution in [0.2, 0.25) is 0 Å². The smallest absolute Gasteiger partial charge is 0.148 e. The normalized spacial score (nSPS) is 10.8. The van der Waals surface area contributed by atoms with Crippen molar-refractivity contribution < 1.29 is 0 Å². The van der Waals surface area contributed by atoms with Crippen LogP contribution in [0.15, 0.2) is 22.9 Å². The number of thiophene rings is 1. The molecule has 0 aliphatic rings. The van der Waals surface area contributed by atoms with Gasteiger partial charge in [-0.15, -0.1) is 22.7 Å². The van der Waals surface area contributed by atoms with Crippen LogP contribution in [0.25, 0.3) is 11.3 Å². The molecule has 0 aliphatic carbocycles. The molecule has 19 heavy (non-hydrogen) atoms. The van der Waals surface area contributed by atoms with E-state index in [2.05, 4.69) is 26.1 Å². The maximum absolute atomic E-state index is 5.96. The molecule has 0 saturated heterocycles. The molecule has 0 aromatic carbocycles. The van der Waals surface area contributed by atoms with Gasteiger partial charge < -0.3 is 11.1 Å². The number of anilines is 2. The highest BCUT2D eigenvalue weighted by Crippen LogP contribution is 2.37. The van der Waals surface area contributed by atoms with Crippen LogP contribution in [0.5, 0.6) is 0 Å². The number of nitrogens with one attached hydrogen (secondary N) is 1. The first kappa shape index (κ1) is 12.6. The van der Waals surface area contributed by atoms with Gasteiger partial charge in [0.2, 0.25) is 0 Å². The summed E-state index contributed by atoms with van der Waals surface area (Å²) in [6.45, 7) is 2.78. The van der Waals surface area contributed by atoms with E-state index in [4.69, 9.17) is 5.73 Å². The molecule has 0 spiro atoms. The molecule has 7 heteroatoms. The van der Waals surface area contributed by atoms with Crippen molar-refractivity contribution >= 4 is 45.0 Å². The van der Waals surface area contributed by atoms with Gasteiger partial charge in [-0.05, 0) is 29.9 Å². The van der Waals surface area contributed by atoms with Crippen LogP contribution in [0.1, 0.15) is 9.88 Å². The summed E-state index contributed by atoms with van der Waals surface area (Å²) in [7, 11) is 0.